The van der Waals surface area contributed by atoms with Crippen molar-refractivity contribution in [1.29, 1.82) is 0 Å². The first kappa shape index (κ1) is 9.71. The van der Waals surface area contributed by atoms with Crippen molar-refractivity contribution in [2.75, 3.05) is 5.43 Å². The van der Waals surface area contributed by atoms with E-state index in [0.29, 0.717) is 5.69 Å². The number of para-hydroxylation sites is 2. The Morgan fingerprint density at radius 2 is 1.33 bits per heavy atom. The van der Waals surface area contributed by atoms with Crippen molar-refractivity contribution in [1.82, 2.24) is 0 Å². The van der Waals surface area contributed by atoms with E-state index in [2.05, 4.69) is 5.43 Å². The molecule has 1 atom stereocenters. The molecule has 3 nitrogen and oxygen atoms in total. The van der Waals surface area contributed by atoms with Crippen LogP contribution in [0.4, 0.5) is 11.4 Å². The maximum atomic E-state index is 11.7. The van der Waals surface area contributed by atoms with E-state index in [0.717, 1.165) is 5.69 Å². The molecular weight excluding hydrogens is 188 g/mol. The predicted octanol–water partition coefficient (Wildman–Crippen LogP) is 1.73. The average molecular weight is 200 g/mol. The van der Waals surface area contributed by atoms with E-state index >= 15 is 0 Å². The first-order valence-corrected chi connectivity index (χ1v) is 4.78. The van der Waals surface area contributed by atoms with Crippen LogP contribution in [0.2, 0.25) is 0 Å². The quantitative estimate of drug-likeness (QED) is 0.741. The molecule has 0 saturated heterocycles. The second kappa shape index (κ2) is 4.59. The van der Waals surface area contributed by atoms with Gasteiger partial charge in [0.2, 0.25) is 0 Å². The van der Waals surface area contributed by atoms with Gasteiger partial charge in [-0.05, 0) is 12.1 Å². The Labute approximate surface area is 88.5 Å². The Bertz CT molecular complexity index is 402. The van der Waals surface area contributed by atoms with Gasteiger partial charge in [-0.25, -0.2) is 10.6 Å². The van der Waals surface area contributed by atoms with Gasteiger partial charge >= 0.3 is 0 Å². The lowest BCUT2D eigenvalue weighted by Crippen LogP contribution is -3.05. The third-order valence-electron chi connectivity index (χ3n) is 2.07. The minimum Gasteiger partial charge on any atom is -0.603 e. The molecule has 0 saturated carbocycles. The van der Waals surface area contributed by atoms with Crippen molar-refractivity contribution < 1.29 is 5.17 Å². The Hall–Kier alpha value is -1.84. The maximum Gasteiger partial charge on any atom is 0.155 e. The molecule has 1 unspecified atom stereocenters. The zero-order valence-electron chi connectivity index (χ0n) is 8.18. The number of hydrogen-bond donors (Lipinski definition) is 2. The molecule has 0 aliphatic heterocycles. The van der Waals surface area contributed by atoms with Gasteiger partial charge in [0.1, 0.15) is 0 Å². The molecule has 2 aromatic rings. The lowest BCUT2D eigenvalue weighted by Gasteiger charge is -2.22. The molecule has 0 heterocycles. The summed E-state index contributed by atoms with van der Waals surface area (Å²) in [6.07, 6.45) is 0. The summed E-state index contributed by atoms with van der Waals surface area (Å²) in [7, 11) is 0. The zero-order valence-corrected chi connectivity index (χ0v) is 8.18. The zero-order chi connectivity index (χ0) is 10.5. The van der Waals surface area contributed by atoms with Gasteiger partial charge in [0.15, 0.2) is 5.69 Å². The topological polar surface area (TPSA) is 39.5 Å². The third kappa shape index (κ3) is 2.56. The first-order valence-electron chi connectivity index (χ1n) is 4.78. The van der Waals surface area contributed by atoms with Crippen molar-refractivity contribution in [3.8, 4) is 0 Å². The smallest absolute Gasteiger partial charge is 0.155 e. The fourth-order valence-electron chi connectivity index (χ4n) is 1.31. The van der Waals surface area contributed by atoms with Gasteiger partial charge in [0, 0.05) is 12.1 Å². The maximum absolute atomic E-state index is 11.7. The average Bonchev–Trinajstić information content (AvgIpc) is 2.31. The van der Waals surface area contributed by atoms with Crippen LogP contribution in [0.1, 0.15) is 0 Å². The van der Waals surface area contributed by atoms with Gasteiger partial charge in [-0.3, -0.25) is 0 Å². The highest BCUT2D eigenvalue weighted by atomic mass is 16.5. The Balaban J connectivity index is 2.08. The molecule has 0 aromatic heterocycles. The lowest BCUT2D eigenvalue weighted by molar-refractivity contribution is -0.749. The molecular formula is C12H12N2O. The minimum atomic E-state index is -0.0817. The SMILES string of the molecule is [O-][NH+](Nc1ccccc1)c1ccccc1. The van der Waals surface area contributed by atoms with E-state index in [1.807, 2.05) is 48.5 Å². The highest BCUT2D eigenvalue weighted by molar-refractivity contribution is 5.41. The summed E-state index contributed by atoms with van der Waals surface area (Å²) < 4.78 is 0. The number of nitrogens with one attached hydrogen (secondary N) is 2. The van der Waals surface area contributed by atoms with Crippen LogP contribution in [-0.4, -0.2) is 0 Å². The molecule has 0 fully saturated rings. The van der Waals surface area contributed by atoms with E-state index < -0.39 is 0 Å². The first-order chi connectivity index (χ1) is 7.36. The molecule has 0 radical (unpaired) electrons. The standard InChI is InChI=1S/C12H12N2O/c15-14(12-9-5-2-6-10-12)13-11-7-3-1-4-8-11/h1-10,13-14H. The molecule has 0 aliphatic carbocycles. The number of rotatable bonds is 3. The lowest BCUT2D eigenvalue weighted by atomic mass is 10.3. The molecule has 2 N–H and O–H groups in total. The normalized spacial score (nSPS) is 12.1. The summed E-state index contributed by atoms with van der Waals surface area (Å²) in [4.78, 5) is 0. The van der Waals surface area contributed by atoms with Crippen LogP contribution in [-0.2, 0) is 0 Å². The highest BCUT2D eigenvalue weighted by Gasteiger charge is 2.00. The van der Waals surface area contributed by atoms with Crippen LogP contribution < -0.4 is 10.6 Å². The highest BCUT2D eigenvalue weighted by Crippen LogP contribution is 2.03. The van der Waals surface area contributed by atoms with Crippen molar-refractivity contribution in [3.05, 3.63) is 65.9 Å². The largest absolute Gasteiger partial charge is 0.603 e. The molecule has 3 heteroatoms. The van der Waals surface area contributed by atoms with Crippen LogP contribution in [0.25, 0.3) is 0 Å². The molecule has 15 heavy (non-hydrogen) atoms. The fourth-order valence-corrected chi connectivity index (χ4v) is 1.31. The fraction of sp³-hybridized carbons (Fsp3) is 0. The second-order valence-electron chi connectivity index (χ2n) is 3.19. The van der Waals surface area contributed by atoms with Gasteiger partial charge in [0.25, 0.3) is 0 Å². The van der Waals surface area contributed by atoms with Gasteiger partial charge in [-0.2, -0.15) is 0 Å². The van der Waals surface area contributed by atoms with E-state index in [-0.39, 0.29) is 5.17 Å². The summed E-state index contributed by atoms with van der Waals surface area (Å²) in [5, 5.41) is 11.6. The van der Waals surface area contributed by atoms with Gasteiger partial charge in [0.05, 0.1) is 5.69 Å². The van der Waals surface area contributed by atoms with Crippen LogP contribution in [0.5, 0.6) is 0 Å². The second-order valence-corrected chi connectivity index (χ2v) is 3.19. The van der Waals surface area contributed by atoms with Crippen molar-refractivity contribution >= 4 is 11.4 Å². The van der Waals surface area contributed by atoms with Crippen molar-refractivity contribution in [2.24, 2.45) is 0 Å². The Morgan fingerprint density at radius 3 is 1.93 bits per heavy atom. The van der Waals surface area contributed by atoms with Crippen LogP contribution in [0.15, 0.2) is 60.7 Å². The van der Waals surface area contributed by atoms with Crippen LogP contribution in [0, 0.1) is 5.21 Å². The molecule has 2 aromatic carbocycles. The molecule has 0 bridgehead atoms. The van der Waals surface area contributed by atoms with Crippen molar-refractivity contribution in [2.45, 2.75) is 0 Å². The molecule has 2 rings (SSSR count). The molecule has 76 valence electrons. The number of hydrogen-bond acceptors (Lipinski definition) is 2. The van der Waals surface area contributed by atoms with E-state index in [4.69, 9.17) is 0 Å². The van der Waals surface area contributed by atoms with Crippen LogP contribution >= 0.6 is 0 Å². The van der Waals surface area contributed by atoms with Gasteiger partial charge in [-0.1, -0.05) is 36.4 Å². The number of benzene rings is 2. The van der Waals surface area contributed by atoms with Gasteiger partial charge in [-0.15, -0.1) is 0 Å². The summed E-state index contributed by atoms with van der Waals surface area (Å²) in [6, 6.07) is 18.6. The monoisotopic (exact) mass is 200 g/mol. The summed E-state index contributed by atoms with van der Waals surface area (Å²) in [5.41, 5.74) is 4.30. The van der Waals surface area contributed by atoms with E-state index in [1.54, 1.807) is 12.1 Å². The van der Waals surface area contributed by atoms with Crippen molar-refractivity contribution in [3.63, 3.8) is 0 Å². The Morgan fingerprint density at radius 1 is 0.800 bits per heavy atom. The third-order valence-corrected chi connectivity index (χ3v) is 2.07. The Kier molecular flexibility index (Phi) is 2.97. The summed E-state index contributed by atoms with van der Waals surface area (Å²) in [6.45, 7) is 0. The summed E-state index contributed by atoms with van der Waals surface area (Å²) >= 11 is 0. The van der Waals surface area contributed by atoms with E-state index in [1.165, 1.54) is 0 Å². The van der Waals surface area contributed by atoms with Gasteiger partial charge < -0.3 is 5.21 Å². The molecule has 0 spiro atoms. The number of anilines is 1. The molecule has 0 aliphatic rings. The van der Waals surface area contributed by atoms with E-state index in [9.17, 15) is 5.21 Å². The predicted molar refractivity (Wildman–Crippen MR) is 60.5 cm³/mol. The number of quaternary nitrogens is 1. The summed E-state index contributed by atoms with van der Waals surface area (Å²) in [5.74, 6) is 0. The van der Waals surface area contributed by atoms with Crippen LogP contribution in [0.3, 0.4) is 0 Å². The molecule has 0 amide bonds. The minimum absolute atomic E-state index is 0.0817.